The van der Waals surface area contributed by atoms with Crippen LogP contribution in [0.2, 0.25) is 0 Å². The zero-order valence-corrected chi connectivity index (χ0v) is 9.96. The van der Waals surface area contributed by atoms with Crippen LogP contribution in [-0.2, 0) is 0 Å². The molecule has 20 heavy (non-hydrogen) atoms. The largest absolute Gasteiger partial charge is 0.369 e. The monoisotopic (exact) mass is 272 g/mol. The first-order valence-electron chi connectivity index (χ1n) is 5.45. The van der Waals surface area contributed by atoms with E-state index in [-0.39, 0.29) is 23.4 Å². The van der Waals surface area contributed by atoms with E-state index in [1.807, 2.05) is 0 Å². The van der Waals surface area contributed by atoms with Crippen LogP contribution in [-0.4, -0.2) is 29.5 Å². The van der Waals surface area contributed by atoms with E-state index in [0.717, 1.165) is 0 Å². The van der Waals surface area contributed by atoms with Crippen molar-refractivity contribution in [3.63, 3.8) is 0 Å². The Bertz CT molecular complexity index is 810. The van der Waals surface area contributed by atoms with Gasteiger partial charge in [0.25, 0.3) is 11.5 Å². The third kappa shape index (κ3) is 1.75. The molecule has 2 heterocycles. The maximum Gasteiger partial charge on any atom is 0.269 e. The van der Waals surface area contributed by atoms with Crippen LogP contribution in [0, 0.1) is 10.1 Å². The fourth-order valence-electron chi connectivity index (χ4n) is 1.77. The minimum Gasteiger partial charge on any atom is -0.369 e. The van der Waals surface area contributed by atoms with Gasteiger partial charge in [-0.2, -0.15) is 9.97 Å². The highest BCUT2D eigenvalue weighted by Gasteiger charge is 2.14. The molecule has 10 nitrogen and oxygen atoms in total. The summed E-state index contributed by atoms with van der Waals surface area (Å²) < 4.78 is 1.41. The van der Waals surface area contributed by atoms with Gasteiger partial charge < -0.3 is 11.5 Å². The first-order valence-corrected chi connectivity index (χ1v) is 5.45. The van der Waals surface area contributed by atoms with Crippen LogP contribution in [0.1, 0.15) is 0 Å². The lowest BCUT2D eigenvalue weighted by atomic mass is 10.2. The molecule has 4 N–H and O–H groups in total. The van der Waals surface area contributed by atoms with Gasteiger partial charge in [0.1, 0.15) is 0 Å². The summed E-state index contributed by atoms with van der Waals surface area (Å²) in [5.41, 5.74) is 11.8. The van der Waals surface area contributed by atoms with Gasteiger partial charge in [-0.1, -0.05) is 0 Å². The van der Waals surface area contributed by atoms with Crippen LogP contribution in [0.5, 0.6) is 0 Å². The first kappa shape index (κ1) is 11.8. The Labute approximate surface area is 111 Å². The van der Waals surface area contributed by atoms with E-state index >= 15 is 0 Å². The molecule has 0 fully saturated rings. The molecule has 0 spiro atoms. The highest BCUT2D eigenvalue weighted by Crippen LogP contribution is 2.22. The maximum absolute atomic E-state index is 10.6. The molecule has 3 rings (SSSR count). The molecule has 2 aromatic heterocycles. The zero-order valence-electron chi connectivity index (χ0n) is 9.96. The summed E-state index contributed by atoms with van der Waals surface area (Å²) in [4.78, 5) is 17.9. The number of fused-ring (bicyclic) bond motifs is 1. The number of nitrogens with zero attached hydrogens (tertiary/aromatic N) is 6. The lowest BCUT2D eigenvalue weighted by Gasteiger charge is -2.02. The molecule has 0 amide bonds. The molecule has 0 aliphatic rings. The van der Waals surface area contributed by atoms with E-state index < -0.39 is 4.92 Å². The number of rotatable bonds is 2. The van der Waals surface area contributed by atoms with E-state index in [4.69, 9.17) is 11.5 Å². The number of anilines is 2. The molecule has 0 aliphatic heterocycles. The third-order valence-electron chi connectivity index (χ3n) is 2.66. The molecular formula is C10H8N8O2. The average Bonchev–Trinajstić information content (AvgIpc) is 2.82. The molecule has 0 aliphatic carbocycles. The topological polar surface area (TPSA) is 151 Å². The Morgan fingerprint density at radius 2 is 1.80 bits per heavy atom. The zero-order chi connectivity index (χ0) is 14.3. The third-order valence-corrected chi connectivity index (χ3v) is 2.66. The summed E-state index contributed by atoms with van der Waals surface area (Å²) in [7, 11) is 0. The summed E-state index contributed by atoms with van der Waals surface area (Å²) in [5, 5.41) is 18.4. The van der Waals surface area contributed by atoms with Gasteiger partial charge in [0.05, 0.1) is 4.92 Å². The first-order chi connectivity index (χ1) is 9.56. The Kier molecular flexibility index (Phi) is 2.42. The van der Waals surface area contributed by atoms with Crippen molar-refractivity contribution >= 4 is 23.4 Å². The Balaban J connectivity index is 2.17. The normalized spacial score (nSPS) is 10.8. The SMILES string of the molecule is Nc1nc(N)n2c(-c3ccc([N+](=O)[O-])cc3)nnc2n1. The minimum atomic E-state index is -0.482. The van der Waals surface area contributed by atoms with Gasteiger partial charge in [0.2, 0.25) is 11.9 Å². The van der Waals surface area contributed by atoms with Crippen molar-refractivity contribution in [1.82, 2.24) is 24.6 Å². The van der Waals surface area contributed by atoms with Gasteiger partial charge in [0, 0.05) is 17.7 Å². The molecular weight excluding hydrogens is 264 g/mol. The number of nitrogens with two attached hydrogens (primary N) is 2. The number of nitrogen functional groups attached to an aromatic ring is 2. The molecule has 0 saturated heterocycles. The van der Waals surface area contributed by atoms with Crippen LogP contribution >= 0.6 is 0 Å². The quantitative estimate of drug-likeness (QED) is 0.497. The predicted octanol–water partition coefficient (Wildman–Crippen LogP) is 0.259. The molecule has 0 unspecified atom stereocenters. The van der Waals surface area contributed by atoms with Gasteiger partial charge in [-0.3, -0.25) is 10.1 Å². The maximum atomic E-state index is 10.6. The Hall–Kier alpha value is -3.30. The summed E-state index contributed by atoms with van der Waals surface area (Å²) >= 11 is 0. The lowest BCUT2D eigenvalue weighted by Crippen LogP contribution is -2.07. The van der Waals surface area contributed by atoms with Crippen molar-refractivity contribution in [3.05, 3.63) is 34.4 Å². The van der Waals surface area contributed by atoms with Crippen molar-refractivity contribution in [3.8, 4) is 11.4 Å². The average molecular weight is 272 g/mol. The second-order valence-electron chi connectivity index (χ2n) is 3.90. The number of non-ortho nitro benzene ring substituents is 1. The number of benzene rings is 1. The van der Waals surface area contributed by atoms with E-state index in [9.17, 15) is 10.1 Å². The fourth-order valence-corrected chi connectivity index (χ4v) is 1.77. The minimum absolute atomic E-state index is 0.00218. The van der Waals surface area contributed by atoms with Gasteiger partial charge >= 0.3 is 0 Å². The van der Waals surface area contributed by atoms with Crippen molar-refractivity contribution in [1.29, 1.82) is 0 Å². The smallest absolute Gasteiger partial charge is 0.269 e. The molecule has 0 bridgehead atoms. The number of nitro benzene ring substituents is 1. The van der Waals surface area contributed by atoms with Gasteiger partial charge in [-0.25, -0.2) is 4.40 Å². The Morgan fingerprint density at radius 1 is 1.10 bits per heavy atom. The summed E-state index contributed by atoms with van der Waals surface area (Å²) in [6.45, 7) is 0. The van der Waals surface area contributed by atoms with Crippen LogP contribution < -0.4 is 11.5 Å². The summed E-state index contributed by atoms with van der Waals surface area (Å²) in [6.07, 6.45) is 0. The highest BCUT2D eigenvalue weighted by molar-refractivity contribution is 5.62. The van der Waals surface area contributed by atoms with E-state index in [0.29, 0.717) is 11.4 Å². The molecule has 1 aromatic carbocycles. The van der Waals surface area contributed by atoms with Crippen molar-refractivity contribution in [2.75, 3.05) is 11.5 Å². The van der Waals surface area contributed by atoms with E-state index in [1.54, 1.807) is 12.1 Å². The summed E-state index contributed by atoms with van der Waals surface area (Å²) in [6, 6.07) is 5.82. The van der Waals surface area contributed by atoms with Gasteiger partial charge in [-0.05, 0) is 12.1 Å². The van der Waals surface area contributed by atoms with Crippen LogP contribution in [0.4, 0.5) is 17.6 Å². The molecule has 0 radical (unpaired) electrons. The van der Waals surface area contributed by atoms with E-state index in [2.05, 4.69) is 20.2 Å². The van der Waals surface area contributed by atoms with Crippen LogP contribution in [0.25, 0.3) is 17.2 Å². The molecule has 0 atom stereocenters. The van der Waals surface area contributed by atoms with Crippen molar-refractivity contribution in [2.45, 2.75) is 0 Å². The molecule has 3 aromatic rings. The number of hydrogen-bond donors (Lipinski definition) is 2. The molecule has 0 saturated carbocycles. The predicted molar refractivity (Wildman–Crippen MR) is 69.5 cm³/mol. The molecule has 100 valence electrons. The van der Waals surface area contributed by atoms with Gasteiger partial charge in [-0.15, -0.1) is 10.2 Å². The van der Waals surface area contributed by atoms with Crippen LogP contribution in [0.3, 0.4) is 0 Å². The number of nitro groups is 1. The number of aromatic nitrogens is 5. The van der Waals surface area contributed by atoms with Crippen molar-refractivity contribution in [2.24, 2.45) is 0 Å². The standard InChI is InChI=1S/C10H8N8O2/c11-8-13-9(12)17-7(15-16-10(17)14-8)5-1-3-6(4-2-5)18(19)20/h1-4H,(H4,11,12,13,14,16). The van der Waals surface area contributed by atoms with Gasteiger partial charge in [0.15, 0.2) is 5.82 Å². The summed E-state index contributed by atoms with van der Waals surface area (Å²) in [5.74, 6) is 0.680. The second-order valence-corrected chi connectivity index (χ2v) is 3.90. The van der Waals surface area contributed by atoms with E-state index in [1.165, 1.54) is 16.5 Å². The second kappa shape index (κ2) is 4.12. The van der Waals surface area contributed by atoms with Crippen LogP contribution in [0.15, 0.2) is 24.3 Å². The fraction of sp³-hybridized carbons (Fsp3) is 0. The lowest BCUT2D eigenvalue weighted by molar-refractivity contribution is -0.384. The molecule has 10 heteroatoms. The number of hydrogen-bond acceptors (Lipinski definition) is 8. The highest BCUT2D eigenvalue weighted by atomic mass is 16.6. The Morgan fingerprint density at radius 3 is 2.45 bits per heavy atom. The van der Waals surface area contributed by atoms with Crippen molar-refractivity contribution < 1.29 is 4.92 Å².